The molecule has 0 saturated heterocycles. The summed E-state index contributed by atoms with van der Waals surface area (Å²) in [5, 5.41) is 4.51. The van der Waals surface area contributed by atoms with Gasteiger partial charge in [0.2, 0.25) is 0 Å². The molecule has 1 atom stereocenters. The monoisotopic (exact) mass is 256 g/mol. The number of aromatic nitrogens is 2. The second kappa shape index (κ2) is 6.31. The van der Waals surface area contributed by atoms with Gasteiger partial charge in [0.15, 0.2) is 0 Å². The molecule has 1 aromatic heterocycles. The number of anilines is 1. The van der Waals surface area contributed by atoms with E-state index in [0.29, 0.717) is 0 Å². The molecular weight excluding hydrogens is 232 g/mol. The fourth-order valence-corrected chi connectivity index (χ4v) is 2.52. The van der Waals surface area contributed by atoms with Gasteiger partial charge in [0.25, 0.3) is 0 Å². The molecule has 0 amide bonds. The maximum Gasteiger partial charge on any atom is 0.129 e. The maximum absolute atomic E-state index is 5.91. The van der Waals surface area contributed by atoms with Crippen molar-refractivity contribution >= 4 is 17.6 Å². The Morgan fingerprint density at radius 3 is 2.71 bits per heavy atom. The van der Waals surface area contributed by atoms with Crippen LogP contribution in [0.3, 0.4) is 0 Å². The number of aryl methyl sites for hydroxylation is 2. The highest BCUT2D eigenvalue weighted by Gasteiger charge is 2.17. The Hall–Kier alpha value is -0.680. The van der Waals surface area contributed by atoms with Gasteiger partial charge in [0.1, 0.15) is 5.82 Å². The molecule has 0 radical (unpaired) electrons. The minimum atomic E-state index is 0.172. The number of rotatable bonds is 6. The molecule has 0 aliphatic rings. The second-order valence-corrected chi connectivity index (χ2v) is 5.59. The van der Waals surface area contributed by atoms with Crippen LogP contribution in [0.15, 0.2) is 0 Å². The highest BCUT2D eigenvalue weighted by atomic mass is 32.2. The van der Waals surface area contributed by atoms with Crippen molar-refractivity contribution in [3.8, 4) is 0 Å². The molecule has 2 N–H and O–H groups in total. The van der Waals surface area contributed by atoms with Crippen molar-refractivity contribution in [3.05, 3.63) is 11.3 Å². The first-order valence-electron chi connectivity index (χ1n) is 5.95. The zero-order valence-electron chi connectivity index (χ0n) is 11.5. The van der Waals surface area contributed by atoms with Gasteiger partial charge in [-0.15, -0.1) is 0 Å². The summed E-state index contributed by atoms with van der Waals surface area (Å²) in [6.45, 7) is 5.13. The van der Waals surface area contributed by atoms with Gasteiger partial charge in [-0.2, -0.15) is 16.9 Å². The standard InChI is InChI=1S/C12H24N4S/c1-9(13)8-11-10(2)14-16(4)12(11)15(3)6-7-17-5/h9H,6-8,13H2,1-5H3. The molecule has 4 nitrogen and oxygen atoms in total. The molecular formula is C12H24N4S. The second-order valence-electron chi connectivity index (χ2n) is 4.61. The first-order valence-corrected chi connectivity index (χ1v) is 7.34. The lowest BCUT2D eigenvalue weighted by Gasteiger charge is -2.21. The first kappa shape index (κ1) is 14.4. The van der Waals surface area contributed by atoms with Crippen LogP contribution in [0.1, 0.15) is 18.2 Å². The maximum atomic E-state index is 5.91. The van der Waals surface area contributed by atoms with E-state index in [4.69, 9.17) is 5.73 Å². The van der Waals surface area contributed by atoms with E-state index in [1.165, 1.54) is 11.4 Å². The molecule has 0 aliphatic heterocycles. The molecule has 1 heterocycles. The fraction of sp³-hybridized carbons (Fsp3) is 0.750. The number of thioether (sulfide) groups is 1. The van der Waals surface area contributed by atoms with Crippen LogP contribution in [0.25, 0.3) is 0 Å². The lowest BCUT2D eigenvalue weighted by Crippen LogP contribution is -2.25. The van der Waals surface area contributed by atoms with Crippen LogP contribution >= 0.6 is 11.8 Å². The molecule has 17 heavy (non-hydrogen) atoms. The van der Waals surface area contributed by atoms with Gasteiger partial charge in [0, 0.05) is 38.0 Å². The number of hydrogen-bond donors (Lipinski definition) is 1. The van der Waals surface area contributed by atoms with E-state index in [2.05, 4.69) is 30.2 Å². The van der Waals surface area contributed by atoms with Crippen LogP contribution in [0.4, 0.5) is 5.82 Å². The highest BCUT2D eigenvalue weighted by molar-refractivity contribution is 7.98. The van der Waals surface area contributed by atoms with Crippen molar-refractivity contribution in [1.82, 2.24) is 9.78 Å². The first-order chi connectivity index (χ1) is 7.97. The molecule has 0 aliphatic carbocycles. The number of hydrogen-bond acceptors (Lipinski definition) is 4. The van der Waals surface area contributed by atoms with Crippen LogP contribution in [-0.4, -0.2) is 41.4 Å². The zero-order chi connectivity index (χ0) is 13.0. The molecule has 0 aromatic carbocycles. The predicted molar refractivity (Wildman–Crippen MR) is 77.0 cm³/mol. The van der Waals surface area contributed by atoms with Crippen LogP contribution in [0, 0.1) is 6.92 Å². The molecule has 98 valence electrons. The fourth-order valence-electron chi connectivity index (χ4n) is 2.06. The number of nitrogens with zero attached hydrogens (tertiary/aromatic N) is 3. The van der Waals surface area contributed by atoms with E-state index in [-0.39, 0.29) is 6.04 Å². The van der Waals surface area contributed by atoms with E-state index < -0.39 is 0 Å². The molecule has 5 heteroatoms. The molecule has 0 fully saturated rings. The normalized spacial score (nSPS) is 12.8. The molecule has 0 bridgehead atoms. The van der Waals surface area contributed by atoms with Crippen LogP contribution in [0.5, 0.6) is 0 Å². The highest BCUT2D eigenvalue weighted by Crippen LogP contribution is 2.23. The molecule has 0 spiro atoms. The van der Waals surface area contributed by atoms with Crippen LogP contribution < -0.4 is 10.6 Å². The summed E-state index contributed by atoms with van der Waals surface area (Å²) in [5.41, 5.74) is 8.29. The molecule has 1 rings (SSSR count). The third kappa shape index (κ3) is 3.64. The Morgan fingerprint density at radius 1 is 1.53 bits per heavy atom. The van der Waals surface area contributed by atoms with Crippen molar-refractivity contribution < 1.29 is 0 Å². The predicted octanol–water partition coefficient (Wildman–Crippen LogP) is 1.42. The quantitative estimate of drug-likeness (QED) is 0.836. The SMILES string of the molecule is CSCCN(C)c1c(CC(C)N)c(C)nn1C. The minimum Gasteiger partial charge on any atom is -0.359 e. The van der Waals surface area contributed by atoms with Crippen LogP contribution in [0.2, 0.25) is 0 Å². The van der Waals surface area contributed by atoms with Crippen molar-refractivity contribution in [2.75, 3.05) is 30.5 Å². The summed E-state index contributed by atoms with van der Waals surface area (Å²) in [5.74, 6) is 2.33. The van der Waals surface area contributed by atoms with E-state index in [1.54, 1.807) is 0 Å². The van der Waals surface area contributed by atoms with Gasteiger partial charge in [-0.25, -0.2) is 0 Å². The third-order valence-corrected chi connectivity index (χ3v) is 3.42. The summed E-state index contributed by atoms with van der Waals surface area (Å²) in [6.07, 6.45) is 3.02. The average molecular weight is 256 g/mol. The topological polar surface area (TPSA) is 47.1 Å². The Labute approximate surface area is 109 Å². The van der Waals surface area contributed by atoms with Gasteiger partial charge in [-0.1, -0.05) is 0 Å². The summed E-state index contributed by atoms with van der Waals surface area (Å²) in [7, 11) is 4.12. The summed E-state index contributed by atoms with van der Waals surface area (Å²) in [4.78, 5) is 2.27. The average Bonchev–Trinajstić information content (AvgIpc) is 2.50. The van der Waals surface area contributed by atoms with Gasteiger partial charge in [-0.3, -0.25) is 4.68 Å². The van der Waals surface area contributed by atoms with Crippen molar-refractivity contribution in [2.45, 2.75) is 26.3 Å². The largest absolute Gasteiger partial charge is 0.359 e. The van der Waals surface area contributed by atoms with Crippen LogP contribution in [-0.2, 0) is 13.5 Å². The Kier molecular flexibility index (Phi) is 5.33. The minimum absolute atomic E-state index is 0.172. The summed E-state index contributed by atoms with van der Waals surface area (Å²) >= 11 is 1.86. The van der Waals surface area contributed by atoms with E-state index >= 15 is 0 Å². The lowest BCUT2D eigenvalue weighted by molar-refractivity contribution is 0.721. The van der Waals surface area contributed by atoms with Gasteiger partial charge in [-0.05, 0) is 26.5 Å². The molecule has 1 aromatic rings. The van der Waals surface area contributed by atoms with Crippen molar-refractivity contribution in [3.63, 3.8) is 0 Å². The Bertz CT molecular complexity index is 360. The summed E-state index contributed by atoms with van der Waals surface area (Å²) < 4.78 is 1.97. The lowest BCUT2D eigenvalue weighted by atomic mass is 10.1. The van der Waals surface area contributed by atoms with Gasteiger partial charge in [0.05, 0.1) is 5.69 Å². The third-order valence-electron chi connectivity index (χ3n) is 2.83. The molecule has 1 unspecified atom stereocenters. The van der Waals surface area contributed by atoms with E-state index in [9.17, 15) is 0 Å². The molecule has 0 saturated carbocycles. The van der Waals surface area contributed by atoms with E-state index in [0.717, 1.165) is 24.4 Å². The van der Waals surface area contributed by atoms with Crippen molar-refractivity contribution in [1.29, 1.82) is 0 Å². The van der Waals surface area contributed by atoms with Crippen molar-refractivity contribution in [2.24, 2.45) is 12.8 Å². The smallest absolute Gasteiger partial charge is 0.129 e. The summed E-state index contributed by atoms with van der Waals surface area (Å²) in [6, 6.07) is 0.172. The Balaban J connectivity index is 2.95. The Morgan fingerprint density at radius 2 is 2.18 bits per heavy atom. The van der Waals surface area contributed by atoms with Gasteiger partial charge >= 0.3 is 0 Å². The van der Waals surface area contributed by atoms with E-state index in [1.807, 2.05) is 30.4 Å². The van der Waals surface area contributed by atoms with Gasteiger partial charge < -0.3 is 10.6 Å². The zero-order valence-corrected chi connectivity index (χ0v) is 12.3. The number of nitrogens with two attached hydrogens (primary N) is 1.